The van der Waals surface area contributed by atoms with Gasteiger partial charge >= 0.3 is 0 Å². The van der Waals surface area contributed by atoms with Crippen LogP contribution in [0.3, 0.4) is 0 Å². The fourth-order valence-corrected chi connectivity index (χ4v) is 1.41. The first-order valence-electron chi connectivity index (χ1n) is 5.07. The lowest BCUT2D eigenvalue weighted by Gasteiger charge is -2.10. The zero-order chi connectivity index (χ0) is 11.4. The molecular formula is C11H12F2O3. The van der Waals surface area contributed by atoms with Crippen molar-refractivity contribution in [3.8, 4) is 5.75 Å². The number of hydrogen-bond donors (Lipinski definition) is 0. The van der Waals surface area contributed by atoms with Gasteiger partial charge in [0, 0.05) is 12.5 Å². The lowest BCUT2D eigenvalue weighted by molar-refractivity contribution is -0.0531. The molecule has 1 aliphatic rings. The van der Waals surface area contributed by atoms with Gasteiger partial charge in [-0.3, -0.25) is 0 Å². The molecule has 0 unspecified atom stereocenters. The summed E-state index contributed by atoms with van der Waals surface area (Å²) >= 11 is 0. The summed E-state index contributed by atoms with van der Waals surface area (Å²) in [6.45, 7) is 1.53. The van der Waals surface area contributed by atoms with Gasteiger partial charge in [0.25, 0.3) is 0 Å². The summed E-state index contributed by atoms with van der Waals surface area (Å²) in [5, 5.41) is 0. The third kappa shape index (κ3) is 2.90. The summed E-state index contributed by atoms with van der Waals surface area (Å²) < 4.78 is 41.0. The van der Waals surface area contributed by atoms with E-state index in [0.29, 0.717) is 32.0 Å². The molecule has 1 heterocycles. The minimum atomic E-state index is -0.911. The predicted molar refractivity (Wildman–Crippen MR) is 52.2 cm³/mol. The maximum atomic E-state index is 12.8. The molecule has 0 radical (unpaired) electrons. The third-order valence-corrected chi connectivity index (χ3v) is 2.20. The van der Waals surface area contributed by atoms with Gasteiger partial charge in [0.1, 0.15) is 5.75 Å². The zero-order valence-corrected chi connectivity index (χ0v) is 8.62. The third-order valence-electron chi connectivity index (χ3n) is 2.20. The van der Waals surface area contributed by atoms with Crippen LogP contribution in [0.4, 0.5) is 8.78 Å². The highest BCUT2D eigenvalue weighted by Gasteiger charge is 2.15. The molecule has 0 saturated carbocycles. The van der Waals surface area contributed by atoms with Crippen molar-refractivity contribution in [1.82, 2.24) is 0 Å². The van der Waals surface area contributed by atoms with Crippen LogP contribution in [-0.4, -0.2) is 26.1 Å². The standard InChI is InChI=1S/C11H12F2O3/c12-9-2-1-8(7-10(9)13)14-4-3-11-15-5-6-16-11/h1-2,7,11H,3-6H2. The van der Waals surface area contributed by atoms with Gasteiger partial charge in [-0.1, -0.05) is 0 Å². The van der Waals surface area contributed by atoms with Crippen LogP contribution in [0.1, 0.15) is 6.42 Å². The second kappa shape index (κ2) is 5.23. The largest absolute Gasteiger partial charge is 0.493 e. The summed E-state index contributed by atoms with van der Waals surface area (Å²) in [6, 6.07) is 3.44. The van der Waals surface area contributed by atoms with Crippen molar-refractivity contribution in [2.75, 3.05) is 19.8 Å². The second-order valence-corrected chi connectivity index (χ2v) is 3.38. The van der Waals surface area contributed by atoms with Crippen molar-refractivity contribution >= 4 is 0 Å². The molecule has 0 amide bonds. The summed E-state index contributed by atoms with van der Waals surface area (Å²) in [4.78, 5) is 0. The van der Waals surface area contributed by atoms with Gasteiger partial charge in [-0.05, 0) is 12.1 Å². The SMILES string of the molecule is Fc1ccc(OCCC2OCCO2)cc1F. The van der Waals surface area contributed by atoms with E-state index in [1.165, 1.54) is 6.07 Å². The lowest BCUT2D eigenvalue weighted by atomic mass is 10.3. The fourth-order valence-electron chi connectivity index (χ4n) is 1.41. The summed E-state index contributed by atoms with van der Waals surface area (Å²) in [7, 11) is 0. The van der Waals surface area contributed by atoms with Crippen LogP contribution >= 0.6 is 0 Å². The monoisotopic (exact) mass is 230 g/mol. The summed E-state index contributed by atoms with van der Waals surface area (Å²) in [5.41, 5.74) is 0. The Balaban J connectivity index is 1.78. The molecule has 0 bridgehead atoms. The Morgan fingerprint density at radius 3 is 2.62 bits per heavy atom. The molecule has 1 aromatic rings. The van der Waals surface area contributed by atoms with Gasteiger partial charge < -0.3 is 14.2 Å². The van der Waals surface area contributed by atoms with Crippen molar-refractivity contribution in [1.29, 1.82) is 0 Å². The molecule has 3 nitrogen and oxygen atoms in total. The highest BCUT2D eigenvalue weighted by atomic mass is 19.2. The van der Waals surface area contributed by atoms with Crippen LogP contribution in [0.15, 0.2) is 18.2 Å². The Kier molecular flexibility index (Phi) is 3.69. The van der Waals surface area contributed by atoms with E-state index >= 15 is 0 Å². The van der Waals surface area contributed by atoms with Crippen molar-refractivity contribution in [2.24, 2.45) is 0 Å². The van der Waals surface area contributed by atoms with Gasteiger partial charge in [-0.15, -0.1) is 0 Å². The van der Waals surface area contributed by atoms with Crippen LogP contribution in [0.25, 0.3) is 0 Å². The van der Waals surface area contributed by atoms with E-state index in [0.717, 1.165) is 12.1 Å². The van der Waals surface area contributed by atoms with Crippen LogP contribution in [0, 0.1) is 11.6 Å². The van der Waals surface area contributed by atoms with Crippen LogP contribution in [0.2, 0.25) is 0 Å². The van der Waals surface area contributed by atoms with Crippen molar-refractivity contribution < 1.29 is 23.0 Å². The quantitative estimate of drug-likeness (QED) is 0.792. The molecule has 16 heavy (non-hydrogen) atoms. The van der Waals surface area contributed by atoms with E-state index in [1.54, 1.807) is 0 Å². The summed E-state index contributed by atoms with van der Waals surface area (Å²) in [5.74, 6) is -1.49. The molecule has 1 aliphatic heterocycles. The number of rotatable bonds is 4. The van der Waals surface area contributed by atoms with E-state index in [4.69, 9.17) is 14.2 Å². The van der Waals surface area contributed by atoms with Crippen molar-refractivity contribution in [2.45, 2.75) is 12.7 Å². The molecule has 1 aromatic carbocycles. The van der Waals surface area contributed by atoms with Gasteiger partial charge in [0.05, 0.1) is 19.8 Å². The van der Waals surface area contributed by atoms with Crippen LogP contribution in [0.5, 0.6) is 5.75 Å². The topological polar surface area (TPSA) is 27.7 Å². The van der Waals surface area contributed by atoms with Crippen molar-refractivity contribution in [3.05, 3.63) is 29.8 Å². The van der Waals surface area contributed by atoms with Crippen LogP contribution < -0.4 is 4.74 Å². The fraction of sp³-hybridized carbons (Fsp3) is 0.455. The molecule has 0 atom stereocenters. The van der Waals surface area contributed by atoms with Gasteiger partial charge in [0.2, 0.25) is 0 Å². The highest BCUT2D eigenvalue weighted by Crippen LogP contribution is 2.16. The van der Waals surface area contributed by atoms with E-state index in [1.807, 2.05) is 0 Å². The normalized spacial score (nSPS) is 16.6. The number of halogens is 2. The Bertz CT molecular complexity index is 351. The highest BCUT2D eigenvalue weighted by molar-refractivity contribution is 5.23. The molecule has 2 rings (SSSR count). The Hall–Kier alpha value is -1.20. The van der Waals surface area contributed by atoms with Crippen LogP contribution in [-0.2, 0) is 9.47 Å². The van der Waals surface area contributed by atoms with E-state index < -0.39 is 11.6 Å². The molecule has 5 heteroatoms. The molecule has 0 N–H and O–H groups in total. The number of ether oxygens (including phenoxy) is 3. The average molecular weight is 230 g/mol. The molecule has 0 spiro atoms. The van der Waals surface area contributed by atoms with E-state index in [9.17, 15) is 8.78 Å². The second-order valence-electron chi connectivity index (χ2n) is 3.38. The molecule has 88 valence electrons. The van der Waals surface area contributed by atoms with E-state index in [-0.39, 0.29) is 6.29 Å². The van der Waals surface area contributed by atoms with Gasteiger partial charge in [-0.2, -0.15) is 0 Å². The average Bonchev–Trinajstić information content (AvgIpc) is 2.76. The molecule has 0 aliphatic carbocycles. The Morgan fingerprint density at radius 1 is 1.19 bits per heavy atom. The first kappa shape index (κ1) is 11.3. The predicted octanol–water partition coefficient (Wildman–Crippen LogP) is 2.11. The smallest absolute Gasteiger partial charge is 0.162 e. The molecule has 0 aromatic heterocycles. The number of hydrogen-bond acceptors (Lipinski definition) is 3. The minimum absolute atomic E-state index is 0.245. The lowest BCUT2D eigenvalue weighted by Crippen LogP contribution is -2.12. The number of benzene rings is 1. The summed E-state index contributed by atoms with van der Waals surface area (Å²) in [6.07, 6.45) is 0.323. The van der Waals surface area contributed by atoms with Crippen molar-refractivity contribution in [3.63, 3.8) is 0 Å². The van der Waals surface area contributed by atoms with Gasteiger partial charge in [0.15, 0.2) is 17.9 Å². The first-order chi connectivity index (χ1) is 7.75. The first-order valence-corrected chi connectivity index (χ1v) is 5.07. The minimum Gasteiger partial charge on any atom is -0.493 e. The molecule has 1 saturated heterocycles. The Labute approximate surface area is 91.9 Å². The van der Waals surface area contributed by atoms with E-state index in [2.05, 4.69) is 0 Å². The zero-order valence-electron chi connectivity index (χ0n) is 8.62. The molecule has 1 fully saturated rings. The maximum Gasteiger partial charge on any atom is 0.162 e. The molecular weight excluding hydrogens is 218 g/mol. The Morgan fingerprint density at radius 2 is 1.94 bits per heavy atom. The van der Waals surface area contributed by atoms with Gasteiger partial charge in [-0.25, -0.2) is 8.78 Å². The maximum absolute atomic E-state index is 12.8.